The van der Waals surface area contributed by atoms with E-state index >= 15 is 0 Å². The maximum atomic E-state index is 12.8. The summed E-state index contributed by atoms with van der Waals surface area (Å²) < 4.78 is 0. The SMILES string of the molecule is CCN(C(=O)c1ccc(N2CCN(CC(=O)N3CCN(C4CCC4)CC3)CC2)nc1)C(C)C. The highest BCUT2D eigenvalue weighted by Gasteiger charge is 2.30. The van der Waals surface area contributed by atoms with Gasteiger partial charge in [0.25, 0.3) is 5.91 Å². The molecule has 0 bridgehead atoms. The van der Waals surface area contributed by atoms with Crippen LogP contribution < -0.4 is 4.90 Å². The lowest BCUT2D eigenvalue weighted by Crippen LogP contribution is -2.56. The Bertz CT molecular complexity index is 794. The van der Waals surface area contributed by atoms with Crippen LogP contribution in [0.4, 0.5) is 5.82 Å². The Hall–Kier alpha value is -2.19. The number of carbonyl (C=O) groups is 2. The van der Waals surface area contributed by atoms with Crippen molar-refractivity contribution in [2.75, 3.05) is 70.3 Å². The van der Waals surface area contributed by atoms with E-state index in [4.69, 9.17) is 0 Å². The minimum atomic E-state index is 0.0309. The number of hydrogen-bond acceptors (Lipinski definition) is 6. The molecule has 8 heteroatoms. The van der Waals surface area contributed by atoms with E-state index in [0.29, 0.717) is 18.7 Å². The molecule has 1 saturated carbocycles. The normalized spacial score (nSPS) is 20.7. The number of anilines is 1. The highest BCUT2D eigenvalue weighted by molar-refractivity contribution is 5.94. The fourth-order valence-electron chi connectivity index (χ4n) is 5.12. The quantitative estimate of drug-likeness (QED) is 0.623. The number of rotatable bonds is 7. The maximum absolute atomic E-state index is 12.8. The minimum Gasteiger partial charge on any atom is -0.354 e. The number of amides is 2. The third-order valence-corrected chi connectivity index (χ3v) is 7.53. The summed E-state index contributed by atoms with van der Waals surface area (Å²) in [5.74, 6) is 1.20. The van der Waals surface area contributed by atoms with Crippen LogP contribution in [0, 0.1) is 0 Å². The Morgan fingerprint density at radius 3 is 2.24 bits per heavy atom. The van der Waals surface area contributed by atoms with Crippen molar-refractivity contribution < 1.29 is 9.59 Å². The standard InChI is InChI=1S/C25H40N6O2/c1-4-31(20(2)3)25(33)21-8-9-23(26-18-21)29-12-10-27(11-13-29)19-24(32)30-16-14-28(15-17-30)22-6-5-7-22/h8-9,18,20,22H,4-7,10-17,19H2,1-3H3. The van der Waals surface area contributed by atoms with Crippen LogP contribution in [0.25, 0.3) is 0 Å². The van der Waals surface area contributed by atoms with Gasteiger partial charge in [-0.3, -0.25) is 19.4 Å². The summed E-state index contributed by atoms with van der Waals surface area (Å²) in [5, 5.41) is 0. The average Bonchev–Trinajstić information content (AvgIpc) is 2.79. The molecule has 2 amide bonds. The molecule has 1 aliphatic carbocycles. The average molecular weight is 457 g/mol. The van der Waals surface area contributed by atoms with Crippen LogP contribution in [-0.2, 0) is 4.79 Å². The van der Waals surface area contributed by atoms with Gasteiger partial charge in [-0.05, 0) is 45.7 Å². The smallest absolute Gasteiger partial charge is 0.255 e. The van der Waals surface area contributed by atoms with Crippen LogP contribution in [0.5, 0.6) is 0 Å². The van der Waals surface area contributed by atoms with Crippen molar-refractivity contribution in [3.8, 4) is 0 Å². The monoisotopic (exact) mass is 456 g/mol. The van der Waals surface area contributed by atoms with Gasteiger partial charge in [-0.1, -0.05) is 6.42 Å². The lowest BCUT2D eigenvalue weighted by atomic mass is 9.91. The summed E-state index contributed by atoms with van der Waals surface area (Å²) in [5.41, 5.74) is 0.635. The molecule has 1 aromatic rings. The van der Waals surface area contributed by atoms with E-state index in [1.807, 2.05) is 37.8 Å². The summed E-state index contributed by atoms with van der Waals surface area (Å²) in [6.07, 6.45) is 5.73. The summed E-state index contributed by atoms with van der Waals surface area (Å²) in [7, 11) is 0. The number of hydrogen-bond donors (Lipinski definition) is 0. The first-order valence-electron chi connectivity index (χ1n) is 12.7. The summed E-state index contributed by atoms with van der Waals surface area (Å²) in [6.45, 7) is 14.5. The van der Waals surface area contributed by atoms with E-state index in [0.717, 1.165) is 64.2 Å². The molecule has 2 saturated heterocycles. The van der Waals surface area contributed by atoms with Crippen LogP contribution in [0.2, 0.25) is 0 Å². The van der Waals surface area contributed by atoms with Gasteiger partial charge in [0, 0.05) is 77.2 Å². The molecule has 0 spiro atoms. The molecule has 0 atom stereocenters. The van der Waals surface area contributed by atoms with Gasteiger partial charge >= 0.3 is 0 Å². The van der Waals surface area contributed by atoms with Crippen LogP contribution in [-0.4, -0.2) is 114 Å². The fourth-order valence-corrected chi connectivity index (χ4v) is 5.12. The number of pyridine rings is 1. The van der Waals surface area contributed by atoms with Gasteiger partial charge in [0.2, 0.25) is 5.91 Å². The van der Waals surface area contributed by atoms with E-state index in [-0.39, 0.29) is 17.9 Å². The second kappa shape index (κ2) is 10.8. The largest absolute Gasteiger partial charge is 0.354 e. The van der Waals surface area contributed by atoms with E-state index in [2.05, 4.69) is 24.6 Å². The second-order valence-electron chi connectivity index (χ2n) is 9.85. The van der Waals surface area contributed by atoms with Gasteiger partial charge in [0.15, 0.2) is 0 Å². The highest BCUT2D eigenvalue weighted by Crippen LogP contribution is 2.25. The molecule has 0 aromatic carbocycles. The van der Waals surface area contributed by atoms with Gasteiger partial charge in [-0.25, -0.2) is 4.98 Å². The molecule has 3 heterocycles. The van der Waals surface area contributed by atoms with Crippen molar-refractivity contribution >= 4 is 17.6 Å². The second-order valence-corrected chi connectivity index (χ2v) is 9.85. The maximum Gasteiger partial charge on any atom is 0.255 e. The summed E-state index contributed by atoms with van der Waals surface area (Å²) >= 11 is 0. The highest BCUT2D eigenvalue weighted by atomic mass is 16.2. The molecule has 1 aromatic heterocycles. The topological polar surface area (TPSA) is 63.2 Å². The zero-order valence-electron chi connectivity index (χ0n) is 20.6. The van der Waals surface area contributed by atoms with Gasteiger partial charge in [-0.15, -0.1) is 0 Å². The predicted molar refractivity (Wildman–Crippen MR) is 131 cm³/mol. The summed E-state index contributed by atoms with van der Waals surface area (Å²) in [6, 6.07) is 4.78. The van der Waals surface area contributed by atoms with Crippen molar-refractivity contribution in [2.45, 2.75) is 52.1 Å². The van der Waals surface area contributed by atoms with Crippen LogP contribution in [0.1, 0.15) is 50.4 Å². The van der Waals surface area contributed by atoms with Crippen molar-refractivity contribution in [3.05, 3.63) is 23.9 Å². The Balaban J connectivity index is 1.22. The molecular weight excluding hydrogens is 416 g/mol. The minimum absolute atomic E-state index is 0.0309. The van der Waals surface area contributed by atoms with Crippen molar-refractivity contribution in [1.82, 2.24) is 24.6 Å². The van der Waals surface area contributed by atoms with E-state index in [1.54, 1.807) is 6.20 Å². The zero-order valence-corrected chi connectivity index (χ0v) is 20.6. The molecule has 2 aliphatic heterocycles. The number of piperazine rings is 2. The van der Waals surface area contributed by atoms with Gasteiger partial charge < -0.3 is 14.7 Å². The van der Waals surface area contributed by atoms with E-state index < -0.39 is 0 Å². The van der Waals surface area contributed by atoms with Crippen molar-refractivity contribution in [2.24, 2.45) is 0 Å². The van der Waals surface area contributed by atoms with E-state index in [1.165, 1.54) is 19.3 Å². The van der Waals surface area contributed by atoms with Gasteiger partial charge in [0.1, 0.15) is 5.82 Å². The first-order chi connectivity index (χ1) is 16.0. The Morgan fingerprint density at radius 2 is 1.73 bits per heavy atom. The number of aromatic nitrogens is 1. The van der Waals surface area contributed by atoms with Crippen molar-refractivity contribution in [1.29, 1.82) is 0 Å². The third-order valence-electron chi connectivity index (χ3n) is 7.53. The number of nitrogens with zero attached hydrogens (tertiary/aromatic N) is 6. The molecule has 4 rings (SSSR count). The van der Waals surface area contributed by atoms with Gasteiger partial charge in [-0.2, -0.15) is 0 Å². The lowest BCUT2D eigenvalue weighted by molar-refractivity contribution is -0.134. The molecule has 3 fully saturated rings. The molecule has 33 heavy (non-hydrogen) atoms. The molecule has 0 unspecified atom stereocenters. The fraction of sp³-hybridized carbons (Fsp3) is 0.720. The lowest BCUT2D eigenvalue weighted by Gasteiger charge is -2.43. The molecule has 3 aliphatic rings. The molecule has 0 radical (unpaired) electrons. The Labute approximate surface area is 198 Å². The first kappa shape index (κ1) is 24.0. The van der Waals surface area contributed by atoms with Crippen molar-refractivity contribution in [3.63, 3.8) is 0 Å². The van der Waals surface area contributed by atoms with Crippen LogP contribution in [0.3, 0.4) is 0 Å². The molecular formula is C25H40N6O2. The molecule has 182 valence electrons. The van der Waals surface area contributed by atoms with Crippen LogP contribution >= 0.6 is 0 Å². The number of carbonyl (C=O) groups excluding carboxylic acids is 2. The van der Waals surface area contributed by atoms with Crippen LogP contribution in [0.15, 0.2) is 18.3 Å². The molecule has 0 N–H and O–H groups in total. The van der Waals surface area contributed by atoms with E-state index in [9.17, 15) is 9.59 Å². The Morgan fingerprint density at radius 1 is 1.03 bits per heavy atom. The zero-order chi connectivity index (χ0) is 23.4. The third kappa shape index (κ3) is 5.66. The predicted octanol–water partition coefficient (Wildman–Crippen LogP) is 1.77. The summed E-state index contributed by atoms with van der Waals surface area (Å²) in [4.78, 5) is 41.0. The Kier molecular flexibility index (Phi) is 7.86. The van der Waals surface area contributed by atoms with Gasteiger partial charge in [0.05, 0.1) is 12.1 Å². The first-order valence-corrected chi connectivity index (χ1v) is 12.7. The molecule has 8 nitrogen and oxygen atoms in total.